The SMILES string of the molecule is C[C@@H](O)[C@@](C)(CNC(=O)c1ccon1)Cc1ccccc1. The number of carbonyl (C=O) groups excluding carboxylic acids is 1. The maximum Gasteiger partial charge on any atom is 0.273 e. The van der Waals surface area contributed by atoms with E-state index < -0.39 is 11.5 Å². The number of aliphatic hydroxyl groups excluding tert-OH is 1. The second-order valence-electron chi connectivity index (χ2n) is 5.56. The summed E-state index contributed by atoms with van der Waals surface area (Å²) in [6.45, 7) is 4.05. The predicted molar refractivity (Wildman–Crippen MR) is 78.8 cm³/mol. The lowest BCUT2D eigenvalue weighted by molar-refractivity contribution is 0.0499. The van der Waals surface area contributed by atoms with Crippen molar-refractivity contribution < 1.29 is 14.4 Å². The van der Waals surface area contributed by atoms with E-state index in [4.69, 9.17) is 0 Å². The van der Waals surface area contributed by atoms with Crippen LogP contribution in [0.1, 0.15) is 29.9 Å². The molecule has 2 N–H and O–H groups in total. The molecule has 0 aliphatic rings. The summed E-state index contributed by atoms with van der Waals surface area (Å²) in [7, 11) is 0. The standard InChI is InChI=1S/C16H20N2O3/c1-12(19)16(2,10-13-6-4-3-5-7-13)11-17-15(20)14-8-9-21-18-14/h3-9,12,19H,10-11H2,1-2H3,(H,17,20)/t12-,16-/m1/s1. The zero-order chi connectivity index (χ0) is 15.3. The van der Waals surface area contributed by atoms with Crippen LogP contribution in [0.2, 0.25) is 0 Å². The van der Waals surface area contributed by atoms with Crippen molar-refractivity contribution in [1.82, 2.24) is 10.5 Å². The van der Waals surface area contributed by atoms with Crippen molar-refractivity contribution in [2.75, 3.05) is 6.54 Å². The smallest absolute Gasteiger partial charge is 0.273 e. The summed E-state index contributed by atoms with van der Waals surface area (Å²) in [5.74, 6) is -0.302. The van der Waals surface area contributed by atoms with Gasteiger partial charge in [0.05, 0.1) is 6.10 Å². The Labute approximate surface area is 124 Å². The molecule has 0 unspecified atom stereocenters. The number of hydrogen-bond donors (Lipinski definition) is 2. The molecule has 1 aromatic heterocycles. The highest BCUT2D eigenvalue weighted by molar-refractivity contribution is 5.91. The lowest BCUT2D eigenvalue weighted by atomic mass is 9.79. The second-order valence-corrected chi connectivity index (χ2v) is 5.56. The Bertz CT molecular complexity index is 566. The normalized spacial score (nSPS) is 15.2. The quantitative estimate of drug-likeness (QED) is 0.853. The molecule has 0 fully saturated rings. The number of nitrogens with one attached hydrogen (secondary N) is 1. The first-order valence-electron chi connectivity index (χ1n) is 6.92. The van der Waals surface area contributed by atoms with E-state index in [0.717, 1.165) is 5.56 Å². The summed E-state index contributed by atoms with van der Waals surface area (Å²) in [5.41, 5.74) is 0.903. The molecule has 1 aromatic carbocycles. The molecule has 112 valence electrons. The van der Waals surface area contributed by atoms with Crippen LogP contribution in [0.15, 0.2) is 47.2 Å². The molecule has 2 aromatic rings. The number of aromatic nitrogens is 1. The maximum absolute atomic E-state index is 11.9. The van der Waals surface area contributed by atoms with Crippen LogP contribution < -0.4 is 5.32 Å². The first-order chi connectivity index (χ1) is 10.0. The average Bonchev–Trinajstić information content (AvgIpc) is 3.00. The Hall–Kier alpha value is -2.14. The maximum atomic E-state index is 11.9. The van der Waals surface area contributed by atoms with Gasteiger partial charge in [-0.25, -0.2) is 0 Å². The van der Waals surface area contributed by atoms with Gasteiger partial charge in [0.25, 0.3) is 5.91 Å². The van der Waals surface area contributed by atoms with Gasteiger partial charge >= 0.3 is 0 Å². The largest absolute Gasteiger partial charge is 0.393 e. The van der Waals surface area contributed by atoms with E-state index in [9.17, 15) is 9.90 Å². The first kappa shape index (κ1) is 15.3. The van der Waals surface area contributed by atoms with Crippen LogP contribution in [-0.4, -0.2) is 28.8 Å². The van der Waals surface area contributed by atoms with Gasteiger partial charge < -0.3 is 14.9 Å². The summed E-state index contributed by atoms with van der Waals surface area (Å²) in [6, 6.07) is 11.4. The van der Waals surface area contributed by atoms with Gasteiger partial charge in [-0.05, 0) is 18.9 Å². The lowest BCUT2D eigenvalue weighted by Gasteiger charge is -2.33. The van der Waals surface area contributed by atoms with Crippen molar-refractivity contribution in [2.45, 2.75) is 26.4 Å². The fourth-order valence-corrected chi connectivity index (χ4v) is 2.12. The molecule has 2 atom stereocenters. The topological polar surface area (TPSA) is 75.4 Å². The van der Waals surface area contributed by atoms with Crippen LogP contribution in [0, 0.1) is 5.41 Å². The molecule has 5 heteroatoms. The average molecular weight is 288 g/mol. The molecule has 2 rings (SSSR count). The first-order valence-corrected chi connectivity index (χ1v) is 6.92. The fraction of sp³-hybridized carbons (Fsp3) is 0.375. The third kappa shape index (κ3) is 3.92. The molecule has 0 spiro atoms. The van der Waals surface area contributed by atoms with Gasteiger partial charge in [0.15, 0.2) is 5.69 Å². The van der Waals surface area contributed by atoms with Crippen molar-refractivity contribution in [3.63, 3.8) is 0 Å². The van der Waals surface area contributed by atoms with Crippen molar-refractivity contribution in [3.8, 4) is 0 Å². The van der Waals surface area contributed by atoms with Crippen LogP contribution in [0.25, 0.3) is 0 Å². The van der Waals surface area contributed by atoms with E-state index >= 15 is 0 Å². The summed E-state index contributed by atoms with van der Waals surface area (Å²) in [5, 5.41) is 16.5. The van der Waals surface area contributed by atoms with Crippen LogP contribution in [0.4, 0.5) is 0 Å². The van der Waals surface area contributed by atoms with E-state index in [2.05, 4.69) is 15.0 Å². The highest BCUT2D eigenvalue weighted by atomic mass is 16.5. The Morgan fingerprint density at radius 1 is 1.38 bits per heavy atom. The molecule has 0 radical (unpaired) electrons. The summed E-state index contributed by atoms with van der Waals surface area (Å²) in [6.07, 6.45) is 1.47. The molecule has 0 saturated heterocycles. The molecule has 0 aliphatic heterocycles. The Balaban J connectivity index is 2.03. The van der Waals surface area contributed by atoms with Crippen molar-refractivity contribution in [2.24, 2.45) is 5.41 Å². The lowest BCUT2D eigenvalue weighted by Crippen LogP contribution is -2.43. The summed E-state index contributed by atoms with van der Waals surface area (Å²) >= 11 is 0. The highest BCUT2D eigenvalue weighted by Gasteiger charge is 2.31. The molecule has 0 saturated carbocycles. The van der Waals surface area contributed by atoms with Crippen molar-refractivity contribution in [1.29, 1.82) is 0 Å². The van der Waals surface area contributed by atoms with Crippen LogP contribution in [0.3, 0.4) is 0 Å². The predicted octanol–water partition coefficient (Wildman–Crippen LogP) is 2.03. The second kappa shape index (κ2) is 6.54. The number of rotatable bonds is 6. The van der Waals surface area contributed by atoms with Gasteiger partial charge in [0.2, 0.25) is 0 Å². The van der Waals surface area contributed by atoms with Gasteiger partial charge in [0, 0.05) is 18.0 Å². The minimum absolute atomic E-state index is 0.239. The number of hydrogen-bond acceptors (Lipinski definition) is 4. The Morgan fingerprint density at radius 2 is 2.10 bits per heavy atom. The van der Waals surface area contributed by atoms with Gasteiger partial charge in [-0.1, -0.05) is 42.4 Å². The third-order valence-electron chi connectivity index (χ3n) is 3.78. The number of nitrogens with zero attached hydrogens (tertiary/aromatic N) is 1. The minimum Gasteiger partial charge on any atom is -0.393 e. The van der Waals surface area contributed by atoms with Crippen molar-refractivity contribution >= 4 is 5.91 Å². The number of amides is 1. The van der Waals surface area contributed by atoms with Crippen LogP contribution in [0.5, 0.6) is 0 Å². The molecular weight excluding hydrogens is 268 g/mol. The molecule has 5 nitrogen and oxygen atoms in total. The Kier molecular flexibility index (Phi) is 4.75. The van der Waals surface area contributed by atoms with Gasteiger partial charge in [0.1, 0.15) is 6.26 Å². The molecule has 0 aliphatic carbocycles. The minimum atomic E-state index is -0.560. The zero-order valence-corrected chi connectivity index (χ0v) is 12.2. The van der Waals surface area contributed by atoms with E-state index in [-0.39, 0.29) is 11.6 Å². The zero-order valence-electron chi connectivity index (χ0n) is 12.2. The number of benzene rings is 1. The molecule has 1 heterocycles. The van der Waals surface area contributed by atoms with Gasteiger partial charge in [-0.15, -0.1) is 0 Å². The Morgan fingerprint density at radius 3 is 2.67 bits per heavy atom. The molecule has 0 bridgehead atoms. The van der Waals surface area contributed by atoms with E-state index in [1.807, 2.05) is 37.3 Å². The molecule has 21 heavy (non-hydrogen) atoms. The fourth-order valence-electron chi connectivity index (χ4n) is 2.12. The monoisotopic (exact) mass is 288 g/mol. The van der Waals surface area contributed by atoms with E-state index in [0.29, 0.717) is 13.0 Å². The molecule has 1 amide bonds. The number of carbonyl (C=O) groups is 1. The van der Waals surface area contributed by atoms with Gasteiger partial charge in [-0.2, -0.15) is 0 Å². The molecular formula is C16H20N2O3. The number of aliphatic hydroxyl groups is 1. The third-order valence-corrected chi connectivity index (χ3v) is 3.78. The van der Waals surface area contributed by atoms with E-state index in [1.165, 1.54) is 12.3 Å². The van der Waals surface area contributed by atoms with E-state index in [1.54, 1.807) is 6.92 Å². The highest BCUT2D eigenvalue weighted by Crippen LogP contribution is 2.26. The van der Waals surface area contributed by atoms with Crippen molar-refractivity contribution in [3.05, 3.63) is 53.9 Å². The van der Waals surface area contributed by atoms with Crippen LogP contribution in [-0.2, 0) is 6.42 Å². The van der Waals surface area contributed by atoms with Crippen LogP contribution >= 0.6 is 0 Å². The summed E-state index contributed by atoms with van der Waals surface area (Å²) < 4.78 is 4.65. The summed E-state index contributed by atoms with van der Waals surface area (Å²) in [4.78, 5) is 11.9. The van der Waals surface area contributed by atoms with Gasteiger partial charge in [-0.3, -0.25) is 4.79 Å².